The van der Waals surface area contributed by atoms with Gasteiger partial charge in [-0.3, -0.25) is 4.79 Å². The van der Waals surface area contributed by atoms with Gasteiger partial charge in [-0.15, -0.1) is 5.10 Å². The van der Waals surface area contributed by atoms with Crippen LogP contribution in [0.25, 0.3) is 0 Å². The molecule has 2 atom stereocenters. The summed E-state index contributed by atoms with van der Waals surface area (Å²) in [7, 11) is 0. The van der Waals surface area contributed by atoms with E-state index >= 15 is 0 Å². The Labute approximate surface area is 121 Å². The molecule has 1 aromatic heterocycles. The molecule has 0 aliphatic rings. The summed E-state index contributed by atoms with van der Waals surface area (Å²) in [5.74, 6) is 0.308. The Kier molecular flexibility index (Phi) is 5.28. The van der Waals surface area contributed by atoms with E-state index in [-0.39, 0.29) is 17.4 Å². The molecule has 0 fully saturated rings. The fraction of sp³-hybridized carbons (Fsp3) is 0.750. The molecule has 0 aromatic carbocycles. The highest BCUT2D eigenvalue weighted by molar-refractivity contribution is 9.09. The van der Waals surface area contributed by atoms with Gasteiger partial charge >= 0.3 is 0 Å². The second kappa shape index (κ2) is 6.10. The van der Waals surface area contributed by atoms with Gasteiger partial charge in [-0.2, -0.15) is 0 Å². The molecule has 1 N–H and O–H groups in total. The molecule has 0 aliphatic heterocycles. The van der Waals surface area contributed by atoms with Gasteiger partial charge in [0.15, 0.2) is 0 Å². The molecule has 0 spiro atoms. The van der Waals surface area contributed by atoms with Crippen LogP contribution in [0.4, 0.5) is 0 Å². The van der Waals surface area contributed by atoms with E-state index in [9.17, 15) is 4.79 Å². The van der Waals surface area contributed by atoms with Crippen LogP contribution in [0.2, 0.25) is 0 Å². The zero-order valence-electron chi connectivity index (χ0n) is 11.5. The van der Waals surface area contributed by atoms with Gasteiger partial charge in [0.1, 0.15) is 4.88 Å². The van der Waals surface area contributed by atoms with Gasteiger partial charge in [-0.1, -0.05) is 48.1 Å². The van der Waals surface area contributed by atoms with Crippen LogP contribution in [0.3, 0.4) is 0 Å². The first-order valence-corrected chi connectivity index (χ1v) is 7.86. The van der Waals surface area contributed by atoms with Crippen LogP contribution in [-0.4, -0.2) is 26.9 Å². The largest absolute Gasteiger partial charge is 0.348 e. The zero-order chi connectivity index (χ0) is 13.9. The van der Waals surface area contributed by atoms with Crippen LogP contribution in [-0.2, 0) is 5.41 Å². The molecular formula is C12H20BrN3OS. The average molecular weight is 334 g/mol. The Hall–Kier alpha value is -0.490. The number of nitrogens with zero attached hydrogens (tertiary/aromatic N) is 2. The molecule has 4 nitrogen and oxygen atoms in total. The Morgan fingerprint density at radius 2 is 2.06 bits per heavy atom. The van der Waals surface area contributed by atoms with E-state index in [0.717, 1.165) is 22.6 Å². The Bertz CT molecular complexity index is 414. The van der Waals surface area contributed by atoms with Crippen molar-refractivity contribution >= 4 is 33.4 Å². The van der Waals surface area contributed by atoms with Crippen molar-refractivity contribution in [3.8, 4) is 0 Å². The van der Waals surface area contributed by atoms with Crippen LogP contribution >= 0.6 is 27.5 Å². The van der Waals surface area contributed by atoms with E-state index < -0.39 is 0 Å². The Morgan fingerprint density at radius 1 is 1.44 bits per heavy atom. The number of hydrogen-bond acceptors (Lipinski definition) is 4. The van der Waals surface area contributed by atoms with Crippen LogP contribution < -0.4 is 5.32 Å². The van der Waals surface area contributed by atoms with Gasteiger partial charge < -0.3 is 5.32 Å². The smallest absolute Gasteiger partial charge is 0.265 e. The van der Waals surface area contributed by atoms with E-state index in [1.54, 1.807) is 0 Å². The molecule has 0 bridgehead atoms. The number of carbonyl (C=O) groups is 1. The number of halogens is 1. The molecule has 1 amide bonds. The highest BCUT2D eigenvalue weighted by atomic mass is 79.9. The third-order valence-corrected chi connectivity index (χ3v) is 4.61. The van der Waals surface area contributed by atoms with Crippen molar-refractivity contribution in [2.24, 2.45) is 5.92 Å². The van der Waals surface area contributed by atoms with Gasteiger partial charge in [0.05, 0.1) is 5.69 Å². The van der Waals surface area contributed by atoms with Crippen molar-refractivity contribution in [2.75, 3.05) is 5.33 Å². The topological polar surface area (TPSA) is 54.9 Å². The maximum Gasteiger partial charge on any atom is 0.265 e. The second-order valence-electron chi connectivity index (χ2n) is 5.59. The Balaban J connectivity index is 2.83. The molecule has 0 aliphatic carbocycles. The van der Waals surface area contributed by atoms with Crippen LogP contribution in [0.5, 0.6) is 0 Å². The van der Waals surface area contributed by atoms with Gasteiger partial charge in [0.25, 0.3) is 5.91 Å². The van der Waals surface area contributed by atoms with Crippen molar-refractivity contribution in [3.63, 3.8) is 0 Å². The maximum atomic E-state index is 12.2. The first-order chi connectivity index (χ1) is 8.27. The number of hydrogen-bond donors (Lipinski definition) is 1. The normalized spacial score (nSPS) is 15.2. The summed E-state index contributed by atoms with van der Waals surface area (Å²) in [5.41, 5.74) is 0.605. The summed E-state index contributed by atoms with van der Waals surface area (Å²) in [4.78, 5) is 12.8. The predicted octanol–water partition coefficient (Wildman–Crippen LogP) is 2.98. The predicted molar refractivity (Wildman–Crippen MR) is 78.5 cm³/mol. The van der Waals surface area contributed by atoms with E-state index in [1.165, 1.54) is 0 Å². The fourth-order valence-electron chi connectivity index (χ4n) is 1.38. The van der Waals surface area contributed by atoms with E-state index in [2.05, 4.69) is 37.8 Å². The van der Waals surface area contributed by atoms with Crippen molar-refractivity contribution in [3.05, 3.63) is 10.6 Å². The highest BCUT2D eigenvalue weighted by Crippen LogP contribution is 2.25. The average Bonchev–Trinajstić information content (AvgIpc) is 2.76. The number of alkyl halides is 1. The molecule has 0 saturated carbocycles. The monoisotopic (exact) mass is 333 g/mol. The molecule has 0 radical (unpaired) electrons. The van der Waals surface area contributed by atoms with Crippen LogP contribution in [0.1, 0.15) is 50.0 Å². The summed E-state index contributed by atoms with van der Waals surface area (Å²) in [5, 5.41) is 7.95. The van der Waals surface area contributed by atoms with E-state index in [4.69, 9.17) is 0 Å². The summed E-state index contributed by atoms with van der Waals surface area (Å²) in [6, 6.07) is 0.117. The van der Waals surface area contributed by atoms with Gasteiger partial charge in [0.2, 0.25) is 0 Å². The van der Waals surface area contributed by atoms with Crippen LogP contribution in [0, 0.1) is 5.92 Å². The SMILES string of the molecule is CC(CBr)C(C)NC(=O)c1snnc1C(C)(C)C. The maximum absolute atomic E-state index is 12.2. The first-order valence-electron chi connectivity index (χ1n) is 5.97. The lowest BCUT2D eigenvalue weighted by atomic mass is 9.91. The Morgan fingerprint density at radius 3 is 2.56 bits per heavy atom. The van der Waals surface area contributed by atoms with Crippen molar-refractivity contribution < 1.29 is 4.79 Å². The quantitative estimate of drug-likeness (QED) is 0.861. The van der Waals surface area contributed by atoms with E-state index in [1.807, 2.05) is 27.7 Å². The molecular weight excluding hydrogens is 314 g/mol. The molecule has 18 heavy (non-hydrogen) atoms. The third-order valence-electron chi connectivity index (χ3n) is 2.86. The molecule has 0 saturated heterocycles. The van der Waals surface area contributed by atoms with Gasteiger partial charge in [0, 0.05) is 16.8 Å². The summed E-state index contributed by atoms with van der Waals surface area (Å²) >= 11 is 4.59. The minimum absolute atomic E-state index is 0.0739. The minimum Gasteiger partial charge on any atom is -0.348 e. The molecule has 2 unspecified atom stereocenters. The molecule has 102 valence electrons. The lowest BCUT2D eigenvalue weighted by molar-refractivity contribution is 0.0933. The summed E-state index contributed by atoms with van der Waals surface area (Å²) in [6.45, 7) is 10.2. The fourth-order valence-corrected chi connectivity index (χ4v) is 2.72. The van der Waals surface area contributed by atoms with Gasteiger partial charge in [-0.25, -0.2) is 0 Å². The van der Waals surface area contributed by atoms with E-state index in [0.29, 0.717) is 10.8 Å². The molecule has 6 heteroatoms. The highest BCUT2D eigenvalue weighted by Gasteiger charge is 2.27. The minimum atomic E-state index is -0.163. The number of rotatable bonds is 4. The van der Waals surface area contributed by atoms with Crippen molar-refractivity contribution in [2.45, 2.75) is 46.1 Å². The second-order valence-corrected chi connectivity index (χ2v) is 7.00. The lowest BCUT2D eigenvalue weighted by Gasteiger charge is -2.20. The number of carbonyl (C=O) groups excluding carboxylic acids is 1. The van der Waals surface area contributed by atoms with Crippen molar-refractivity contribution in [1.82, 2.24) is 14.9 Å². The zero-order valence-corrected chi connectivity index (χ0v) is 13.9. The van der Waals surface area contributed by atoms with Gasteiger partial charge in [-0.05, 0) is 24.4 Å². The summed E-state index contributed by atoms with van der Waals surface area (Å²) in [6.07, 6.45) is 0. The first kappa shape index (κ1) is 15.6. The number of nitrogens with one attached hydrogen (secondary N) is 1. The summed E-state index contributed by atoms with van der Waals surface area (Å²) < 4.78 is 3.90. The van der Waals surface area contributed by atoms with Crippen molar-refractivity contribution in [1.29, 1.82) is 0 Å². The van der Waals surface area contributed by atoms with Crippen LogP contribution in [0.15, 0.2) is 0 Å². The molecule has 1 rings (SSSR count). The standard InChI is InChI=1S/C12H20BrN3OS/c1-7(6-13)8(2)14-11(17)9-10(12(3,4)5)15-16-18-9/h7-8H,6H2,1-5H3,(H,14,17). The third kappa shape index (κ3) is 3.75. The molecule has 1 heterocycles. The number of aromatic nitrogens is 2. The number of amides is 1. The lowest BCUT2D eigenvalue weighted by Crippen LogP contribution is -2.38. The molecule has 1 aromatic rings.